The third-order valence-corrected chi connectivity index (χ3v) is 6.61. The molecule has 160 valence electrons. The Morgan fingerprint density at radius 1 is 1.17 bits per heavy atom. The van der Waals surface area contributed by atoms with E-state index in [1.807, 2.05) is 17.0 Å². The van der Waals surface area contributed by atoms with Crippen molar-refractivity contribution < 1.29 is 14.3 Å². The van der Waals surface area contributed by atoms with E-state index < -0.39 is 0 Å². The Morgan fingerprint density at radius 3 is 2.48 bits per heavy atom. The molecule has 7 nitrogen and oxygen atoms in total. The first-order valence-corrected chi connectivity index (χ1v) is 11.1. The molecule has 3 aliphatic rings. The summed E-state index contributed by atoms with van der Waals surface area (Å²) >= 11 is 0. The number of ether oxygens (including phenoxy) is 2. The van der Waals surface area contributed by atoms with Gasteiger partial charge in [0.25, 0.3) is 5.91 Å². The summed E-state index contributed by atoms with van der Waals surface area (Å²) < 4.78 is 11.6. The molecule has 0 unspecified atom stereocenters. The normalized spacial score (nSPS) is 25.2. The zero-order chi connectivity index (χ0) is 20.4. The minimum atomic E-state index is -0.375. The fraction of sp³-hybridized carbons (Fsp3) is 0.727. The van der Waals surface area contributed by atoms with Crippen molar-refractivity contribution in [2.24, 2.45) is 0 Å². The van der Waals surface area contributed by atoms with Gasteiger partial charge in [-0.2, -0.15) is 0 Å². The van der Waals surface area contributed by atoms with Crippen LogP contribution in [0.2, 0.25) is 0 Å². The Balaban J connectivity index is 1.36. The minimum absolute atomic E-state index is 0.0938. The van der Waals surface area contributed by atoms with E-state index in [4.69, 9.17) is 9.47 Å². The largest absolute Gasteiger partial charge is 0.356 e. The fourth-order valence-electron chi connectivity index (χ4n) is 4.84. The molecule has 1 aromatic heterocycles. The van der Waals surface area contributed by atoms with E-state index in [-0.39, 0.29) is 11.7 Å². The Bertz CT molecular complexity index is 693. The fourth-order valence-corrected chi connectivity index (χ4v) is 4.84. The van der Waals surface area contributed by atoms with Gasteiger partial charge >= 0.3 is 0 Å². The molecule has 3 saturated heterocycles. The van der Waals surface area contributed by atoms with Gasteiger partial charge in [-0.25, -0.2) is 4.98 Å². The summed E-state index contributed by atoms with van der Waals surface area (Å²) in [6.45, 7) is 12.3. The lowest BCUT2D eigenvalue weighted by molar-refractivity contribution is -0.169. The van der Waals surface area contributed by atoms with Crippen molar-refractivity contribution in [2.75, 3.05) is 50.8 Å². The average Bonchev–Trinajstić information content (AvgIpc) is 3.21. The summed E-state index contributed by atoms with van der Waals surface area (Å²) in [5.74, 6) is 0.641. The molecule has 29 heavy (non-hydrogen) atoms. The van der Waals surface area contributed by atoms with Crippen LogP contribution in [0.3, 0.4) is 0 Å². The number of rotatable bonds is 4. The summed E-state index contributed by atoms with van der Waals surface area (Å²) in [4.78, 5) is 24.4. The lowest BCUT2D eigenvalue weighted by Gasteiger charge is -2.43. The zero-order valence-corrected chi connectivity index (χ0v) is 18.0. The van der Waals surface area contributed by atoms with Crippen molar-refractivity contribution in [2.45, 2.75) is 57.9 Å². The number of pyridine rings is 1. The maximum atomic E-state index is 13.0. The van der Waals surface area contributed by atoms with E-state index in [0.29, 0.717) is 30.9 Å². The third-order valence-electron chi connectivity index (χ3n) is 6.61. The Labute approximate surface area is 174 Å². The summed E-state index contributed by atoms with van der Waals surface area (Å²) in [5.41, 5.74) is 0.678. The molecular weight excluding hydrogens is 368 g/mol. The molecule has 0 saturated carbocycles. The molecule has 0 N–H and O–H groups in total. The highest BCUT2D eigenvalue weighted by Gasteiger charge is 2.40. The maximum absolute atomic E-state index is 13.0. The first kappa shape index (κ1) is 20.6. The first-order valence-electron chi connectivity index (χ1n) is 11.1. The molecule has 0 radical (unpaired) electrons. The van der Waals surface area contributed by atoms with Crippen molar-refractivity contribution in [3.05, 3.63) is 23.9 Å². The minimum Gasteiger partial charge on any atom is -0.356 e. The van der Waals surface area contributed by atoms with Crippen LogP contribution >= 0.6 is 0 Å². The molecular formula is C22H34N4O3. The number of piperidine rings is 1. The van der Waals surface area contributed by atoms with Gasteiger partial charge in [0.2, 0.25) is 0 Å². The van der Waals surface area contributed by atoms with Crippen LogP contribution in [0.15, 0.2) is 18.3 Å². The molecule has 0 bridgehead atoms. The van der Waals surface area contributed by atoms with Gasteiger partial charge in [0, 0.05) is 63.8 Å². The summed E-state index contributed by atoms with van der Waals surface area (Å²) in [6.07, 6.45) is 4.51. The second kappa shape index (κ2) is 8.58. The monoisotopic (exact) mass is 402 g/mol. The topological polar surface area (TPSA) is 58.1 Å². The Hall–Kier alpha value is -1.70. The predicted molar refractivity (Wildman–Crippen MR) is 112 cm³/mol. The number of aromatic nitrogens is 1. The second-order valence-corrected chi connectivity index (χ2v) is 8.64. The van der Waals surface area contributed by atoms with Crippen LogP contribution in [0.4, 0.5) is 5.82 Å². The smallest absolute Gasteiger partial charge is 0.255 e. The van der Waals surface area contributed by atoms with Gasteiger partial charge in [-0.1, -0.05) is 6.92 Å². The van der Waals surface area contributed by atoms with Crippen LogP contribution in [-0.4, -0.2) is 84.5 Å². The summed E-state index contributed by atoms with van der Waals surface area (Å²) in [7, 11) is 0. The Morgan fingerprint density at radius 2 is 1.90 bits per heavy atom. The van der Waals surface area contributed by atoms with E-state index in [0.717, 1.165) is 57.8 Å². The molecule has 4 heterocycles. The van der Waals surface area contributed by atoms with Crippen LogP contribution in [-0.2, 0) is 9.47 Å². The lowest BCUT2D eigenvalue weighted by atomic mass is 10.0. The van der Waals surface area contributed by atoms with E-state index in [9.17, 15) is 4.79 Å². The van der Waals surface area contributed by atoms with E-state index in [1.165, 1.54) is 0 Å². The van der Waals surface area contributed by atoms with Crippen molar-refractivity contribution in [3.63, 3.8) is 0 Å². The van der Waals surface area contributed by atoms with Gasteiger partial charge in [-0.05, 0) is 32.4 Å². The number of nitrogens with zero attached hydrogens (tertiary/aromatic N) is 4. The highest BCUT2D eigenvalue weighted by atomic mass is 16.7. The highest BCUT2D eigenvalue weighted by Crippen LogP contribution is 2.32. The van der Waals surface area contributed by atoms with E-state index in [1.54, 1.807) is 6.20 Å². The number of hydrogen-bond acceptors (Lipinski definition) is 6. The number of piperazine rings is 1. The maximum Gasteiger partial charge on any atom is 0.255 e. The number of hydrogen-bond donors (Lipinski definition) is 0. The van der Waals surface area contributed by atoms with E-state index in [2.05, 4.69) is 35.6 Å². The first-order chi connectivity index (χ1) is 14.0. The molecule has 0 aromatic carbocycles. The number of amides is 1. The highest BCUT2D eigenvalue weighted by molar-refractivity contribution is 5.94. The molecule has 1 aromatic rings. The van der Waals surface area contributed by atoms with Gasteiger partial charge < -0.3 is 19.3 Å². The number of carbonyl (C=O) groups excluding carboxylic acids is 1. The molecule has 4 rings (SSSR count). The average molecular weight is 403 g/mol. The van der Waals surface area contributed by atoms with Crippen molar-refractivity contribution >= 4 is 11.7 Å². The van der Waals surface area contributed by atoms with Crippen molar-refractivity contribution in [3.8, 4) is 0 Å². The van der Waals surface area contributed by atoms with Crippen molar-refractivity contribution in [1.29, 1.82) is 0 Å². The molecule has 0 aliphatic carbocycles. The molecule has 7 heteroatoms. The molecule has 3 fully saturated rings. The van der Waals surface area contributed by atoms with Gasteiger partial charge in [0.1, 0.15) is 5.82 Å². The SMILES string of the molecule is CC[C@@H]1CN(C(=O)c2ccc(N3CCC4(CC3)OCCO4)nc2)CCN1C(C)C. The van der Waals surface area contributed by atoms with Gasteiger partial charge in [-0.3, -0.25) is 9.69 Å². The van der Waals surface area contributed by atoms with Crippen LogP contribution in [0, 0.1) is 0 Å². The summed E-state index contributed by atoms with van der Waals surface area (Å²) in [5, 5.41) is 0. The number of carbonyl (C=O) groups is 1. The van der Waals surface area contributed by atoms with Crippen LogP contribution < -0.4 is 4.90 Å². The Kier molecular flexibility index (Phi) is 6.08. The molecule has 1 atom stereocenters. The third kappa shape index (κ3) is 4.27. The van der Waals surface area contributed by atoms with Gasteiger partial charge in [0.15, 0.2) is 5.79 Å². The predicted octanol–water partition coefficient (Wildman–Crippen LogP) is 2.37. The zero-order valence-electron chi connectivity index (χ0n) is 18.0. The molecule has 3 aliphatic heterocycles. The van der Waals surface area contributed by atoms with E-state index >= 15 is 0 Å². The van der Waals surface area contributed by atoms with Crippen LogP contribution in [0.1, 0.15) is 50.4 Å². The number of anilines is 1. The lowest BCUT2D eigenvalue weighted by Crippen LogP contribution is -2.56. The van der Waals surface area contributed by atoms with Crippen LogP contribution in [0.5, 0.6) is 0 Å². The second-order valence-electron chi connectivity index (χ2n) is 8.64. The van der Waals surface area contributed by atoms with Crippen LogP contribution in [0.25, 0.3) is 0 Å². The van der Waals surface area contributed by atoms with Crippen molar-refractivity contribution in [1.82, 2.24) is 14.8 Å². The standard InChI is InChI=1S/C22H34N4O3/c1-4-19-16-25(11-12-26(19)17(2)3)21(27)18-5-6-20(23-15-18)24-9-7-22(8-10-24)28-13-14-29-22/h5-6,15,17,19H,4,7-14,16H2,1-3H3/t19-/m1/s1. The molecule has 1 amide bonds. The quantitative estimate of drug-likeness (QED) is 0.771. The van der Waals surface area contributed by atoms with Gasteiger partial charge in [0.05, 0.1) is 18.8 Å². The molecule has 1 spiro atoms. The van der Waals surface area contributed by atoms with Gasteiger partial charge in [-0.15, -0.1) is 0 Å². The summed E-state index contributed by atoms with van der Waals surface area (Å²) in [6, 6.07) is 4.85.